The van der Waals surface area contributed by atoms with Gasteiger partial charge in [0.2, 0.25) is 0 Å². The van der Waals surface area contributed by atoms with Crippen LogP contribution in [0.25, 0.3) is 0 Å². The van der Waals surface area contributed by atoms with Gasteiger partial charge in [0.1, 0.15) is 0 Å². The Hall–Kier alpha value is -3.02. The van der Waals surface area contributed by atoms with Crippen molar-refractivity contribution >= 4 is 0 Å². The third kappa shape index (κ3) is 2.64. The van der Waals surface area contributed by atoms with Crippen LogP contribution in [0, 0.1) is 41.9 Å². The first-order valence-electron chi connectivity index (χ1n) is 10.9. The first kappa shape index (κ1) is 22.2. The SMILES string of the molecule is CC(C)(C)C1=CC2=C([N+](=O)[O-])C=C3C=C(C(C)(C)C)C([N+](=O)[O-])=C4C=CC(=C1)[C@@]2(C)[C@]34C. The van der Waals surface area contributed by atoms with Crippen LogP contribution in [0.1, 0.15) is 55.4 Å². The normalized spacial score (nSPS) is 29.1. The van der Waals surface area contributed by atoms with Crippen molar-refractivity contribution in [3.05, 3.63) is 102 Å². The Balaban J connectivity index is 2.20. The summed E-state index contributed by atoms with van der Waals surface area (Å²) in [6, 6.07) is 0. The average Bonchev–Trinajstić information content (AvgIpc) is 2.63. The van der Waals surface area contributed by atoms with Crippen molar-refractivity contribution in [1.82, 2.24) is 0 Å². The van der Waals surface area contributed by atoms with E-state index >= 15 is 0 Å². The molecule has 2 atom stereocenters. The lowest BCUT2D eigenvalue weighted by molar-refractivity contribution is -0.424. The molecule has 0 saturated heterocycles. The maximum absolute atomic E-state index is 12.3. The van der Waals surface area contributed by atoms with E-state index in [0.29, 0.717) is 16.7 Å². The molecule has 0 aromatic rings. The molecular formula is C26H30N2O4. The van der Waals surface area contributed by atoms with Crippen LogP contribution < -0.4 is 0 Å². The summed E-state index contributed by atoms with van der Waals surface area (Å²) in [5, 5.41) is 24.6. The van der Waals surface area contributed by atoms with Gasteiger partial charge in [-0.15, -0.1) is 0 Å². The van der Waals surface area contributed by atoms with Crippen LogP contribution in [0.15, 0.2) is 81.3 Å². The van der Waals surface area contributed by atoms with Gasteiger partial charge in [-0.1, -0.05) is 59.8 Å². The zero-order valence-electron chi connectivity index (χ0n) is 20.0. The van der Waals surface area contributed by atoms with Crippen molar-refractivity contribution in [1.29, 1.82) is 0 Å². The van der Waals surface area contributed by atoms with Crippen LogP contribution in [0.3, 0.4) is 0 Å². The van der Waals surface area contributed by atoms with Crippen LogP contribution >= 0.6 is 0 Å². The van der Waals surface area contributed by atoms with Crippen molar-refractivity contribution in [2.45, 2.75) is 55.4 Å². The van der Waals surface area contributed by atoms with E-state index in [4.69, 9.17) is 0 Å². The lowest BCUT2D eigenvalue weighted by atomic mass is 9.45. The standard InChI is InChI=1S/C26H30N2O4/c1-23(2,3)16-11-15-9-10-18-22(28(31)32)20(24(4,5)6)13-17-14-21(27(29)30)19(12-16)25(15,7)26(17,18)8/h9-14H,1-8H3/t25-,26-/m1/s1. The molecule has 0 aromatic carbocycles. The maximum atomic E-state index is 12.3. The molecule has 168 valence electrons. The summed E-state index contributed by atoms with van der Waals surface area (Å²) in [4.78, 5) is 24.0. The minimum atomic E-state index is -0.792. The van der Waals surface area contributed by atoms with Gasteiger partial charge in [0.05, 0.1) is 9.85 Å². The highest BCUT2D eigenvalue weighted by Crippen LogP contribution is 2.68. The van der Waals surface area contributed by atoms with Crippen LogP contribution in [0.2, 0.25) is 0 Å². The predicted octanol–water partition coefficient (Wildman–Crippen LogP) is 6.47. The van der Waals surface area contributed by atoms with Crippen molar-refractivity contribution in [2.75, 3.05) is 0 Å². The molecular weight excluding hydrogens is 404 g/mol. The van der Waals surface area contributed by atoms with E-state index in [1.165, 1.54) is 0 Å². The van der Waals surface area contributed by atoms with Crippen LogP contribution in [0.4, 0.5) is 0 Å². The summed E-state index contributed by atoms with van der Waals surface area (Å²) in [5.41, 5.74) is 2.45. The van der Waals surface area contributed by atoms with E-state index < -0.39 is 16.2 Å². The number of nitrogens with zero attached hydrogens (tertiary/aromatic N) is 2. The molecule has 0 unspecified atom stereocenters. The van der Waals surface area contributed by atoms with Gasteiger partial charge in [-0.25, -0.2) is 0 Å². The molecule has 0 bridgehead atoms. The highest BCUT2D eigenvalue weighted by molar-refractivity contribution is 5.70. The second-order valence-corrected chi connectivity index (χ2v) is 11.5. The van der Waals surface area contributed by atoms with Crippen LogP contribution in [-0.4, -0.2) is 9.85 Å². The monoisotopic (exact) mass is 434 g/mol. The van der Waals surface area contributed by atoms with Gasteiger partial charge in [-0.05, 0) is 53.5 Å². The summed E-state index contributed by atoms with van der Waals surface area (Å²) in [6.07, 6.45) is 11.3. The average molecular weight is 435 g/mol. The molecule has 0 saturated carbocycles. The fourth-order valence-electron chi connectivity index (χ4n) is 5.56. The molecule has 0 N–H and O–H groups in total. The topological polar surface area (TPSA) is 86.3 Å². The first-order valence-corrected chi connectivity index (χ1v) is 10.9. The molecule has 0 heterocycles. The Labute approximate surface area is 188 Å². The zero-order valence-corrected chi connectivity index (χ0v) is 20.0. The molecule has 0 spiro atoms. The second kappa shape index (κ2) is 6.27. The molecule has 6 nitrogen and oxygen atoms in total. The number of hydrogen-bond donors (Lipinski definition) is 0. The Morgan fingerprint density at radius 2 is 1.31 bits per heavy atom. The zero-order chi connectivity index (χ0) is 24.0. The van der Waals surface area contributed by atoms with Crippen molar-refractivity contribution < 1.29 is 9.85 Å². The second-order valence-electron chi connectivity index (χ2n) is 11.5. The van der Waals surface area contributed by atoms with E-state index in [1.807, 2.05) is 58.9 Å². The van der Waals surface area contributed by atoms with Gasteiger partial charge < -0.3 is 0 Å². The molecule has 4 aliphatic carbocycles. The minimum Gasteiger partial charge on any atom is -0.258 e. The fourth-order valence-corrected chi connectivity index (χ4v) is 5.56. The van der Waals surface area contributed by atoms with E-state index in [2.05, 4.69) is 26.8 Å². The number of hydrogen-bond acceptors (Lipinski definition) is 4. The molecule has 4 aliphatic rings. The Bertz CT molecular complexity index is 1200. The number of nitro groups is 2. The lowest BCUT2D eigenvalue weighted by Crippen LogP contribution is -2.50. The summed E-state index contributed by atoms with van der Waals surface area (Å²) >= 11 is 0. The summed E-state index contributed by atoms with van der Waals surface area (Å²) in [6.45, 7) is 16.0. The molecule has 0 fully saturated rings. The van der Waals surface area contributed by atoms with Crippen molar-refractivity contribution in [3.63, 3.8) is 0 Å². The van der Waals surface area contributed by atoms with Crippen molar-refractivity contribution in [3.8, 4) is 0 Å². The smallest absolute Gasteiger partial charge is 0.258 e. The molecule has 0 amide bonds. The third-order valence-electron chi connectivity index (χ3n) is 7.70. The lowest BCUT2D eigenvalue weighted by Gasteiger charge is -2.56. The quantitative estimate of drug-likeness (QED) is 0.368. The fraction of sp³-hybridized carbons (Fsp3) is 0.462. The van der Waals surface area contributed by atoms with Gasteiger partial charge in [0.25, 0.3) is 11.4 Å². The summed E-state index contributed by atoms with van der Waals surface area (Å²) < 4.78 is 0. The summed E-state index contributed by atoms with van der Waals surface area (Å²) in [7, 11) is 0. The van der Waals surface area contributed by atoms with Gasteiger partial charge in [-0.2, -0.15) is 0 Å². The van der Waals surface area contributed by atoms with E-state index in [-0.39, 0.29) is 26.7 Å². The number of allylic oxidation sites excluding steroid dienone is 12. The van der Waals surface area contributed by atoms with E-state index in [0.717, 1.165) is 16.7 Å². The van der Waals surface area contributed by atoms with Gasteiger partial charge in [0.15, 0.2) is 0 Å². The van der Waals surface area contributed by atoms with Crippen LogP contribution in [0.5, 0.6) is 0 Å². The Morgan fingerprint density at radius 3 is 1.81 bits per heavy atom. The molecule has 6 heteroatoms. The van der Waals surface area contributed by atoms with Gasteiger partial charge in [0, 0.05) is 33.6 Å². The van der Waals surface area contributed by atoms with Crippen molar-refractivity contribution in [2.24, 2.45) is 21.7 Å². The molecule has 0 aliphatic heterocycles. The predicted molar refractivity (Wildman–Crippen MR) is 125 cm³/mol. The highest BCUT2D eigenvalue weighted by atomic mass is 16.6. The van der Waals surface area contributed by atoms with E-state index in [1.54, 1.807) is 6.08 Å². The van der Waals surface area contributed by atoms with E-state index in [9.17, 15) is 20.2 Å². The summed E-state index contributed by atoms with van der Waals surface area (Å²) in [5.74, 6) is 0. The number of rotatable bonds is 2. The minimum absolute atomic E-state index is 0.0658. The van der Waals surface area contributed by atoms with Crippen LogP contribution in [-0.2, 0) is 0 Å². The molecule has 32 heavy (non-hydrogen) atoms. The highest BCUT2D eigenvalue weighted by Gasteiger charge is 2.62. The molecule has 0 aromatic heterocycles. The molecule has 4 rings (SSSR count). The third-order valence-corrected chi connectivity index (χ3v) is 7.70. The largest absolute Gasteiger partial charge is 0.277 e. The van der Waals surface area contributed by atoms with Gasteiger partial charge in [-0.3, -0.25) is 20.2 Å². The first-order chi connectivity index (χ1) is 14.5. The maximum Gasteiger partial charge on any atom is 0.277 e. The Kier molecular flexibility index (Phi) is 4.35. The van der Waals surface area contributed by atoms with Gasteiger partial charge >= 0.3 is 0 Å². The molecule has 0 radical (unpaired) electrons. The Morgan fingerprint density at radius 1 is 0.719 bits per heavy atom.